The molecule has 0 aliphatic heterocycles. The third kappa shape index (κ3) is 2.85. The predicted octanol–water partition coefficient (Wildman–Crippen LogP) is 3.39. The van der Waals surface area contributed by atoms with Gasteiger partial charge in [0, 0.05) is 19.2 Å². The highest BCUT2D eigenvalue weighted by Crippen LogP contribution is 2.28. The molecule has 1 atom stereocenters. The number of fused-ring (bicyclic) bond motifs is 1. The van der Waals surface area contributed by atoms with Gasteiger partial charge in [0.2, 0.25) is 0 Å². The van der Waals surface area contributed by atoms with E-state index in [9.17, 15) is 0 Å². The maximum Gasteiger partial charge on any atom is 0.0601 e. The van der Waals surface area contributed by atoms with Crippen LogP contribution in [0.15, 0.2) is 18.2 Å². The van der Waals surface area contributed by atoms with E-state index >= 15 is 0 Å². The van der Waals surface area contributed by atoms with E-state index in [0.29, 0.717) is 18.2 Å². The molecule has 1 aromatic carbocycles. The average Bonchev–Trinajstić information content (AvgIpc) is 2.41. The number of hydrogen-bond donors (Lipinski definition) is 1. The molecule has 0 saturated heterocycles. The fourth-order valence-corrected chi connectivity index (χ4v) is 3.37. The Balaban J connectivity index is 1.62. The van der Waals surface area contributed by atoms with Crippen molar-refractivity contribution in [2.45, 2.75) is 63.6 Å². The monoisotopic (exact) mass is 259 g/mol. The van der Waals surface area contributed by atoms with Crippen molar-refractivity contribution in [3.63, 3.8) is 0 Å². The van der Waals surface area contributed by atoms with Crippen LogP contribution in [0.2, 0.25) is 0 Å². The van der Waals surface area contributed by atoms with Crippen molar-refractivity contribution in [3.05, 3.63) is 34.9 Å². The van der Waals surface area contributed by atoms with Crippen LogP contribution in [0, 0.1) is 0 Å². The Labute approximate surface area is 116 Å². The summed E-state index contributed by atoms with van der Waals surface area (Å²) in [5.41, 5.74) is 4.60. The SMILES string of the molecule is COC1CC(NC(C)c2ccc3c(c2)CCCC3)C1. The first-order valence-corrected chi connectivity index (χ1v) is 7.67. The first-order valence-electron chi connectivity index (χ1n) is 7.67. The lowest BCUT2D eigenvalue weighted by Crippen LogP contribution is -2.45. The highest BCUT2D eigenvalue weighted by Gasteiger charge is 2.29. The normalized spacial score (nSPS) is 27.5. The summed E-state index contributed by atoms with van der Waals surface area (Å²) in [5.74, 6) is 0. The fraction of sp³-hybridized carbons (Fsp3) is 0.647. The van der Waals surface area contributed by atoms with Crippen LogP contribution in [-0.4, -0.2) is 19.3 Å². The predicted molar refractivity (Wildman–Crippen MR) is 78.5 cm³/mol. The van der Waals surface area contributed by atoms with E-state index in [2.05, 4.69) is 30.4 Å². The van der Waals surface area contributed by atoms with Crippen molar-refractivity contribution in [2.24, 2.45) is 0 Å². The van der Waals surface area contributed by atoms with Crippen LogP contribution < -0.4 is 5.32 Å². The zero-order valence-electron chi connectivity index (χ0n) is 12.1. The van der Waals surface area contributed by atoms with E-state index in [4.69, 9.17) is 4.74 Å². The number of nitrogens with one attached hydrogen (secondary N) is 1. The molecular formula is C17H25NO. The summed E-state index contributed by atoms with van der Waals surface area (Å²) in [4.78, 5) is 0. The highest BCUT2D eigenvalue weighted by atomic mass is 16.5. The van der Waals surface area contributed by atoms with Gasteiger partial charge in [0.1, 0.15) is 0 Å². The first kappa shape index (κ1) is 13.1. The summed E-state index contributed by atoms with van der Waals surface area (Å²) in [7, 11) is 1.81. The molecule has 0 amide bonds. The van der Waals surface area contributed by atoms with Crippen LogP contribution in [0.1, 0.15) is 55.3 Å². The second kappa shape index (κ2) is 5.64. The Morgan fingerprint density at radius 1 is 1.16 bits per heavy atom. The van der Waals surface area contributed by atoms with E-state index in [1.165, 1.54) is 31.2 Å². The number of rotatable bonds is 4. The lowest BCUT2D eigenvalue weighted by molar-refractivity contribution is 0.0147. The number of benzene rings is 1. The molecule has 1 N–H and O–H groups in total. The zero-order chi connectivity index (χ0) is 13.2. The van der Waals surface area contributed by atoms with E-state index in [-0.39, 0.29) is 0 Å². The largest absolute Gasteiger partial charge is 0.381 e. The van der Waals surface area contributed by atoms with Crippen LogP contribution in [0.4, 0.5) is 0 Å². The molecule has 1 saturated carbocycles. The fourth-order valence-electron chi connectivity index (χ4n) is 3.37. The minimum Gasteiger partial charge on any atom is -0.381 e. The molecule has 104 valence electrons. The summed E-state index contributed by atoms with van der Waals surface area (Å²) in [6.07, 6.45) is 8.06. The molecule has 3 rings (SSSR count). The number of hydrogen-bond acceptors (Lipinski definition) is 2. The smallest absolute Gasteiger partial charge is 0.0601 e. The summed E-state index contributed by atoms with van der Waals surface area (Å²) in [5, 5.41) is 3.72. The van der Waals surface area contributed by atoms with Gasteiger partial charge in [0.15, 0.2) is 0 Å². The molecular weight excluding hydrogens is 234 g/mol. The second-order valence-corrected chi connectivity index (χ2v) is 6.15. The highest BCUT2D eigenvalue weighted by molar-refractivity contribution is 5.35. The number of ether oxygens (including phenoxy) is 1. The van der Waals surface area contributed by atoms with Crippen LogP contribution in [0.25, 0.3) is 0 Å². The van der Waals surface area contributed by atoms with Crippen LogP contribution >= 0.6 is 0 Å². The Morgan fingerprint density at radius 3 is 2.63 bits per heavy atom. The van der Waals surface area contributed by atoms with Crippen LogP contribution in [0.5, 0.6) is 0 Å². The molecule has 0 radical (unpaired) electrons. The van der Waals surface area contributed by atoms with Crippen LogP contribution in [0.3, 0.4) is 0 Å². The van der Waals surface area contributed by atoms with E-state index in [1.807, 2.05) is 7.11 Å². The molecule has 2 aliphatic carbocycles. The molecule has 1 aromatic rings. The Kier molecular flexibility index (Phi) is 3.90. The standard InChI is InChI=1S/C17H25NO/c1-12(18-16-10-17(11-16)19-2)14-8-7-13-5-3-4-6-15(13)9-14/h7-9,12,16-18H,3-6,10-11H2,1-2H3. The molecule has 1 unspecified atom stereocenters. The van der Waals surface area contributed by atoms with Crippen molar-refractivity contribution < 1.29 is 4.74 Å². The zero-order valence-corrected chi connectivity index (χ0v) is 12.1. The topological polar surface area (TPSA) is 21.3 Å². The molecule has 2 heteroatoms. The quantitative estimate of drug-likeness (QED) is 0.895. The Hall–Kier alpha value is -0.860. The molecule has 0 spiro atoms. The molecule has 0 heterocycles. The molecule has 0 aromatic heterocycles. The lowest BCUT2D eigenvalue weighted by Gasteiger charge is -2.37. The first-order chi connectivity index (χ1) is 9.26. The van der Waals surface area contributed by atoms with Crippen LogP contribution in [-0.2, 0) is 17.6 Å². The van der Waals surface area contributed by atoms with Gasteiger partial charge < -0.3 is 10.1 Å². The third-order valence-electron chi connectivity index (χ3n) is 4.79. The van der Waals surface area contributed by atoms with Gasteiger partial charge in [-0.3, -0.25) is 0 Å². The van der Waals surface area contributed by atoms with Crippen molar-refractivity contribution in [2.75, 3.05) is 7.11 Å². The van der Waals surface area contributed by atoms with Crippen molar-refractivity contribution in [3.8, 4) is 0 Å². The van der Waals surface area contributed by atoms with Gasteiger partial charge in [-0.25, -0.2) is 0 Å². The lowest BCUT2D eigenvalue weighted by atomic mass is 9.87. The molecule has 2 aliphatic rings. The van der Waals surface area contributed by atoms with Gasteiger partial charge in [-0.2, -0.15) is 0 Å². The third-order valence-corrected chi connectivity index (χ3v) is 4.79. The van der Waals surface area contributed by atoms with E-state index in [0.717, 1.165) is 12.8 Å². The maximum atomic E-state index is 5.34. The molecule has 2 nitrogen and oxygen atoms in total. The molecule has 19 heavy (non-hydrogen) atoms. The summed E-state index contributed by atoms with van der Waals surface area (Å²) >= 11 is 0. The summed E-state index contributed by atoms with van der Waals surface area (Å²) in [6, 6.07) is 8.18. The van der Waals surface area contributed by atoms with E-state index < -0.39 is 0 Å². The van der Waals surface area contributed by atoms with E-state index in [1.54, 1.807) is 11.1 Å². The van der Waals surface area contributed by atoms with Gasteiger partial charge in [-0.05, 0) is 62.1 Å². The molecule has 1 fully saturated rings. The second-order valence-electron chi connectivity index (χ2n) is 6.15. The van der Waals surface area contributed by atoms with Crippen molar-refractivity contribution >= 4 is 0 Å². The van der Waals surface area contributed by atoms with Gasteiger partial charge in [-0.1, -0.05) is 18.2 Å². The number of aryl methyl sites for hydroxylation is 2. The van der Waals surface area contributed by atoms with Gasteiger partial charge in [0.25, 0.3) is 0 Å². The van der Waals surface area contributed by atoms with Gasteiger partial charge in [-0.15, -0.1) is 0 Å². The summed E-state index contributed by atoms with van der Waals surface area (Å²) < 4.78 is 5.34. The number of methoxy groups -OCH3 is 1. The molecule has 0 bridgehead atoms. The maximum absolute atomic E-state index is 5.34. The minimum absolute atomic E-state index is 0.454. The minimum atomic E-state index is 0.454. The average molecular weight is 259 g/mol. The van der Waals surface area contributed by atoms with Gasteiger partial charge in [0.05, 0.1) is 6.10 Å². The van der Waals surface area contributed by atoms with Gasteiger partial charge >= 0.3 is 0 Å². The van der Waals surface area contributed by atoms with Crippen molar-refractivity contribution in [1.82, 2.24) is 5.32 Å². The Bertz CT molecular complexity index is 437. The summed E-state index contributed by atoms with van der Waals surface area (Å²) in [6.45, 7) is 2.28. The van der Waals surface area contributed by atoms with Crippen molar-refractivity contribution in [1.29, 1.82) is 0 Å². The Morgan fingerprint density at radius 2 is 1.89 bits per heavy atom.